The number of hydrogen-bond donors (Lipinski definition) is 0. The standard InChI is InChI=1S/C53H34N2O2/c1-3-11-35(12-4-1)36-21-27-41(28-22-36)55(42-29-23-38(24-30-42)45-18-9-16-37-13-7-8-17-44(37)45)43-31-25-39(26-32-43)46-19-10-20-47-50-48(56-52(46)47)33-34-49-51(50)54-53(57-49)40-14-5-2-6-15-40/h1-34H. The third-order valence-electron chi connectivity index (χ3n) is 10.9. The molecule has 268 valence electrons. The molecule has 0 saturated carbocycles. The van der Waals surface area contributed by atoms with Gasteiger partial charge < -0.3 is 13.7 Å². The van der Waals surface area contributed by atoms with E-state index in [2.05, 4.69) is 169 Å². The number of nitrogens with zero attached hydrogens (tertiary/aromatic N) is 2. The maximum atomic E-state index is 6.61. The van der Waals surface area contributed by atoms with E-state index in [9.17, 15) is 0 Å². The topological polar surface area (TPSA) is 42.4 Å². The van der Waals surface area contributed by atoms with E-state index in [1.165, 1.54) is 33.0 Å². The minimum absolute atomic E-state index is 0.599. The largest absolute Gasteiger partial charge is 0.455 e. The predicted octanol–water partition coefficient (Wildman–Crippen LogP) is 15.0. The lowest BCUT2D eigenvalue weighted by molar-refractivity contribution is 0.619. The summed E-state index contributed by atoms with van der Waals surface area (Å²) in [5.74, 6) is 0.599. The van der Waals surface area contributed by atoms with Gasteiger partial charge in [0.05, 0.1) is 5.39 Å². The fourth-order valence-corrected chi connectivity index (χ4v) is 8.14. The first-order chi connectivity index (χ1) is 28.2. The SMILES string of the molecule is c1ccc(-c2ccc(N(c3ccc(-c4cccc5ccccc45)cc3)c3ccc(-c4cccc5c4oc4ccc6oc(-c7ccccc7)nc6c45)cc3)cc2)cc1. The van der Waals surface area contributed by atoms with Crippen molar-refractivity contribution in [1.29, 1.82) is 0 Å². The van der Waals surface area contributed by atoms with Crippen LogP contribution in [-0.4, -0.2) is 4.98 Å². The van der Waals surface area contributed by atoms with Gasteiger partial charge in [-0.1, -0.05) is 146 Å². The van der Waals surface area contributed by atoms with Crippen molar-refractivity contribution in [2.45, 2.75) is 0 Å². The summed E-state index contributed by atoms with van der Waals surface area (Å²) in [5.41, 5.74) is 14.2. The Bertz CT molecular complexity index is 3200. The minimum Gasteiger partial charge on any atom is -0.455 e. The molecule has 0 saturated heterocycles. The van der Waals surface area contributed by atoms with E-state index >= 15 is 0 Å². The Hall–Kier alpha value is -7.69. The molecule has 2 aromatic heterocycles. The highest BCUT2D eigenvalue weighted by molar-refractivity contribution is 6.19. The van der Waals surface area contributed by atoms with Gasteiger partial charge in [0.25, 0.3) is 0 Å². The third-order valence-corrected chi connectivity index (χ3v) is 10.9. The van der Waals surface area contributed by atoms with Crippen molar-refractivity contribution in [2.75, 3.05) is 4.90 Å². The average molecular weight is 731 g/mol. The molecule has 0 aliphatic heterocycles. The third kappa shape index (κ3) is 5.74. The summed E-state index contributed by atoms with van der Waals surface area (Å²) >= 11 is 0. The van der Waals surface area contributed by atoms with Crippen molar-refractivity contribution in [3.8, 4) is 44.8 Å². The molecule has 9 aromatic carbocycles. The van der Waals surface area contributed by atoms with Crippen LogP contribution in [0.5, 0.6) is 0 Å². The van der Waals surface area contributed by atoms with E-state index < -0.39 is 0 Å². The van der Waals surface area contributed by atoms with Crippen molar-refractivity contribution in [2.24, 2.45) is 0 Å². The summed E-state index contributed by atoms with van der Waals surface area (Å²) in [6.07, 6.45) is 0. The molecule has 0 unspecified atom stereocenters. The van der Waals surface area contributed by atoms with Gasteiger partial charge in [-0.2, -0.15) is 0 Å². The summed E-state index contributed by atoms with van der Waals surface area (Å²) in [6, 6.07) is 72.3. The molecule has 0 bridgehead atoms. The van der Waals surface area contributed by atoms with Crippen LogP contribution in [0.4, 0.5) is 17.1 Å². The zero-order valence-corrected chi connectivity index (χ0v) is 30.8. The zero-order chi connectivity index (χ0) is 37.7. The highest BCUT2D eigenvalue weighted by Gasteiger charge is 2.20. The summed E-state index contributed by atoms with van der Waals surface area (Å²) < 4.78 is 12.8. The smallest absolute Gasteiger partial charge is 0.227 e. The number of para-hydroxylation sites is 1. The molecule has 0 radical (unpaired) electrons. The normalized spacial score (nSPS) is 11.5. The first kappa shape index (κ1) is 32.7. The Morgan fingerprint density at radius 3 is 1.56 bits per heavy atom. The Morgan fingerprint density at radius 1 is 0.351 bits per heavy atom. The van der Waals surface area contributed by atoms with Crippen LogP contribution in [0.1, 0.15) is 0 Å². The molecule has 0 aliphatic rings. The van der Waals surface area contributed by atoms with Crippen LogP contribution in [-0.2, 0) is 0 Å². The van der Waals surface area contributed by atoms with Crippen LogP contribution in [0.2, 0.25) is 0 Å². The van der Waals surface area contributed by atoms with Gasteiger partial charge in [-0.05, 0) is 99.3 Å². The van der Waals surface area contributed by atoms with Crippen molar-refractivity contribution in [3.63, 3.8) is 0 Å². The highest BCUT2D eigenvalue weighted by atomic mass is 16.4. The van der Waals surface area contributed by atoms with Gasteiger partial charge in [-0.15, -0.1) is 0 Å². The Labute approximate surface area is 329 Å². The molecule has 0 aliphatic carbocycles. The lowest BCUT2D eigenvalue weighted by Crippen LogP contribution is -2.09. The quantitative estimate of drug-likeness (QED) is 0.164. The molecule has 0 spiro atoms. The highest BCUT2D eigenvalue weighted by Crippen LogP contribution is 2.42. The van der Waals surface area contributed by atoms with Gasteiger partial charge in [0.2, 0.25) is 5.89 Å². The van der Waals surface area contributed by atoms with Gasteiger partial charge in [0.1, 0.15) is 16.7 Å². The molecule has 4 heteroatoms. The number of hydrogen-bond acceptors (Lipinski definition) is 4. The number of aromatic nitrogens is 1. The van der Waals surface area contributed by atoms with E-state index in [0.29, 0.717) is 5.89 Å². The number of anilines is 3. The zero-order valence-electron chi connectivity index (χ0n) is 30.8. The molecule has 0 N–H and O–H groups in total. The molecule has 4 nitrogen and oxygen atoms in total. The van der Waals surface area contributed by atoms with E-state index in [1.807, 2.05) is 42.5 Å². The van der Waals surface area contributed by atoms with Gasteiger partial charge in [-0.25, -0.2) is 4.98 Å². The summed E-state index contributed by atoms with van der Waals surface area (Å²) in [7, 11) is 0. The van der Waals surface area contributed by atoms with E-state index in [4.69, 9.17) is 13.8 Å². The summed E-state index contributed by atoms with van der Waals surface area (Å²) in [5, 5.41) is 4.46. The van der Waals surface area contributed by atoms with Crippen molar-refractivity contribution in [1.82, 2.24) is 4.98 Å². The van der Waals surface area contributed by atoms with Crippen molar-refractivity contribution >= 4 is 60.9 Å². The summed E-state index contributed by atoms with van der Waals surface area (Å²) in [4.78, 5) is 7.27. The Balaban J connectivity index is 0.987. The first-order valence-electron chi connectivity index (χ1n) is 19.2. The van der Waals surface area contributed by atoms with E-state index in [-0.39, 0.29) is 0 Å². The molecule has 11 aromatic rings. The minimum atomic E-state index is 0.599. The second kappa shape index (κ2) is 13.6. The van der Waals surface area contributed by atoms with Gasteiger partial charge in [0.15, 0.2) is 5.58 Å². The molecule has 57 heavy (non-hydrogen) atoms. The van der Waals surface area contributed by atoms with E-state index in [1.54, 1.807) is 0 Å². The number of oxazole rings is 1. The van der Waals surface area contributed by atoms with Crippen LogP contribution in [0.15, 0.2) is 215 Å². The maximum Gasteiger partial charge on any atom is 0.227 e. The number of benzene rings is 9. The summed E-state index contributed by atoms with van der Waals surface area (Å²) in [6.45, 7) is 0. The van der Waals surface area contributed by atoms with Crippen LogP contribution >= 0.6 is 0 Å². The Morgan fingerprint density at radius 2 is 0.860 bits per heavy atom. The van der Waals surface area contributed by atoms with Crippen LogP contribution in [0.25, 0.3) is 88.6 Å². The van der Waals surface area contributed by atoms with Gasteiger partial charge in [0, 0.05) is 33.6 Å². The van der Waals surface area contributed by atoms with Crippen molar-refractivity contribution in [3.05, 3.63) is 206 Å². The van der Waals surface area contributed by atoms with E-state index in [0.717, 1.165) is 66.8 Å². The van der Waals surface area contributed by atoms with Crippen LogP contribution in [0.3, 0.4) is 0 Å². The lowest BCUT2D eigenvalue weighted by Gasteiger charge is -2.26. The molecule has 0 fully saturated rings. The first-order valence-corrected chi connectivity index (χ1v) is 19.2. The van der Waals surface area contributed by atoms with Gasteiger partial charge >= 0.3 is 0 Å². The number of fused-ring (bicyclic) bond motifs is 6. The molecule has 2 heterocycles. The molecule has 0 atom stereocenters. The monoisotopic (exact) mass is 730 g/mol. The number of furan rings is 1. The van der Waals surface area contributed by atoms with Crippen LogP contribution in [0, 0.1) is 0 Å². The lowest BCUT2D eigenvalue weighted by atomic mass is 9.98. The van der Waals surface area contributed by atoms with Gasteiger partial charge in [-0.3, -0.25) is 0 Å². The molecule has 0 amide bonds. The maximum absolute atomic E-state index is 6.61. The average Bonchev–Trinajstić information content (AvgIpc) is 3.90. The fraction of sp³-hybridized carbons (Fsp3) is 0. The van der Waals surface area contributed by atoms with Crippen LogP contribution < -0.4 is 4.90 Å². The molecular weight excluding hydrogens is 697 g/mol. The predicted molar refractivity (Wildman–Crippen MR) is 235 cm³/mol. The fourth-order valence-electron chi connectivity index (χ4n) is 8.14. The van der Waals surface area contributed by atoms with Crippen molar-refractivity contribution < 1.29 is 8.83 Å². The second-order valence-corrected chi connectivity index (χ2v) is 14.3. The second-order valence-electron chi connectivity index (χ2n) is 14.3. The number of rotatable bonds is 7. The molecular formula is C53H34N2O2. The molecule has 11 rings (SSSR count). The Kier molecular flexibility index (Phi) is 7.78.